The van der Waals surface area contributed by atoms with Crippen molar-refractivity contribution in [1.29, 1.82) is 0 Å². The molecular weight excluding hydrogens is 234 g/mol. The molecule has 1 N–H and O–H groups in total. The molecule has 0 atom stereocenters. The Morgan fingerprint density at radius 1 is 1.06 bits per heavy atom. The Kier molecular flexibility index (Phi) is 5.81. The van der Waals surface area contributed by atoms with Crippen LogP contribution < -0.4 is 10.1 Å². The SMILES string of the molecule is CNCCCOc1cccc2ccccc12.Cl. The molecule has 0 saturated heterocycles. The van der Waals surface area contributed by atoms with Crippen molar-refractivity contribution in [1.82, 2.24) is 5.32 Å². The molecule has 2 rings (SSSR count). The van der Waals surface area contributed by atoms with Gasteiger partial charge in [0.25, 0.3) is 0 Å². The van der Waals surface area contributed by atoms with Gasteiger partial charge in [-0.25, -0.2) is 0 Å². The summed E-state index contributed by atoms with van der Waals surface area (Å²) in [5, 5.41) is 5.53. The molecule has 0 bridgehead atoms. The lowest BCUT2D eigenvalue weighted by Gasteiger charge is -2.08. The average molecular weight is 252 g/mol. The van der Waals surface area contributed by atoms with Crippen molar-refractivity contribution in [2.45, 2.75) is 6.42 Å². The van der Waals surface area contributed by atoms with Crippen LogP contribution in [-0.2, 0) is 0 Å². The van der Waals surface area contributed by atoms with Crippen molar-refractivity contribution >= 4 is 23.2 Å². The molecule has 0 aliphatic carbocycles. The highest BCUT2D eigenvalue weighted by Gasteiger charge is 1.99. The summed E-state index contributed by atoms with van der Waals surface area (Å²) in [6.07, 6.45) is 1.03. The first-order chi connectivity index (χ1) is 7.92. The summed E-state index contributed by atoms with van der Waals surface area (Å²) in [6.45, 7) is 1.75. The van der Waals surface area contributed by atoms with Gasteiger partial charge in [0.05, 0.1) is 6.61 Å². The zero-order chi connectivity index (χ0) is 11.2. The Morgan fingerprint density at radius 3 is 2.65 bits per heavy atom. The molecule has 0 radical (unpaired) electrons. The van der Waals surface area contributed by atoms with E-state index in [0.717, 1.165) is 25.3 Å². The number of fused-ring (bicyclic) bond motifs is 1. The van der Waals surface area contributed by atoms with Crippen molar-refractivity contribution in [3.63, 3.8) is 0 Å². The predicted octanol–water partition coefficient (Wildman–Crippen LogP) is 3.25. The van der Waals surface area contributed by atoms with Gasteiger partial charge in [-0.1, -0.05) is 36.4 Å². The van der Waals surface area contributed by atoms with Crippen LogP contribution in [0.4, 0.5) is 0 Å². The largest absolute Gasteiger partial charge is 0.493 e. The van der Waals surface area contributed by atoms with Crippen LogP contribution >= 0.6 is 12.4 Å². The number of hydrogen-bond donors (Lipinski definition) is 1. The average Bonchev–Trinajstić information content (AvgIpc) is 2.35. The number of nitrogens with one attached hydrogen (secondary N) is 1. The van der Waals surface area contributed by atoms with Gasteiger partial charge in [-0.05, 0) is 31.5 Å². The molecule has 0 amide bonds. The van der Waals surface area contributed by atoms with Gasteiger partial charge in [0.15, 0.2) is 0 Å². The van der Waals surface area contributed by atoms with Crippen LogP contribution in [0.2, 0.25) is 0 Å². The molecule has 0 fully saturated rings. The smallest absolute Gasteiger partial charge is 0.127 e. The fourth-order valence-electron chi connectivity index (χ4n) is 1.75. The van der Waals surface area contributed by atoms with E-state index in [1.54, 1.807) is 0 Å². The number of rotatable bonds is 5. The zero-order valence-electron chi connectivity index (χ0n) is 9.98. The van der Waals surface area contributed by atoms with Crippen LogP contribution in [0.1, 0.15) is 6.42 Å². The Bertz CT molecular complexity index is 453. The van der Waals surface area contributed by atoms with Crippen LogP contribution in [0.3, 0.4) is 0 Å². The van der Waals surface area contributed by atoms with E-state index >= 15 is 0 Å². The van der Waals surface area contributed by atoms with E-state index in [4.69, 9.17) is 4.74 Å². The molecule has 2 aromatic carbocycles. The summed E-state index contributed by atoms with van der Waals surface area (Å²) < 4.78 is 5.78. The molecule has 0 aromatic heterocycles. The Morgan fingerprint density at radius 2 is 1.82 bits per heavy atom. The Balaban J connectivity index is 0.00000144. The fraction of sp³-hybridized carbons (Fsp3) is 0.286. The van der Waals surface area contributed by atoms with Crippen LogP contribution in [0.25, 0.3) is 10.8 Å². The maximum Gasteiger partial charge on any atom is 0.127 e. The molecule has 17 heavy (non-hydrogen) atoms. The number of halogens is 1. The third kappa shape index (κ3) is 3.62. The second-order valence-electron chi connectivity index (χ2n) is 3.78. The predicted molar refractivity (Wildman–Crippen MR) is 75.2 cm³/mol. The van der Waals surface area contributed by atoms with Gasteiger partial charge in [-0.2, -0.15) is 0 Å². The summed E-state index contributed by atoms with van der Waals surface area (Å²) in [6, 6.07) is 14.5. The monoisotopic (exact) mass is 251 g/mol. The van der Waals surface area contributed by atoms with Crippen molar-refractivity contribution in [2.75, 3.05) is 20.2 Å². The minimum Gasteiger partial charge on any atom is -0.493 e. The summed E-state index contributed by atoms with van der Waals surface area (Å²) >= 11 is 0. The van der Waals surface area contributed by atoms with Crippen molar-refractivity contribution < 1.29 is 4.74 Å². The standard InChI is InChI=1S/C14H17NO.ClH/c1-15-10-5-11-16-14-9-4-7-12-6-2-3-8-13(12)14;/h2-4,6-9,15H,5,10-11H2,1H3;1H. The first-order valence-corrected chi connectivity index (χ1v) is 5.67. The van der Waals surface area contributed by atoms with Crippen molar-refractivity contribution in [2.24, 2.45) is 0 Å². The summed E-state index contributed by atoms with van der Waals surface area (Å²) in [5.74, 6) is 0.981. The molecule has 0 saturated carbocycles. The first-order valence-electron chi connectivity index (χ1n) is 5.67. The van der Waals surface area contributed by atoms with Gasteiger partial charge in [0.1, 0.15) is 5.75 Å². The lowest BCUT2D eigenvalue weighted by molar-refractivity contribution is 0.313. The Hall–Kier alpha value is -1.25. The Labute approximate surface area is 108 Å². The number of hydrogen-bond acceptors (Lipinski definition) is 2. The van der Waals surface area contributed by atoms with E-state index in [1.807, 2.05) is 31.3 Å². The van der Waals surface area contributed by atoms with Crippen molar-refractivity contribution in [3.8, 4) is 5.75 Å². The van der Waals surface area contributed by atoms with Crippen LogP contribution in [-0.4, -0.2) is 20.2 Å². The quantitative estimate of drug-likeness (QED) is 0.824. The van der Waals surface area contributed by atoms with Crippen molar-refractivity contribution in [3.05, 3.63) is 42.5 Å². The van der Waals surface area contributed by atoms with Gasteiger partial charge in [-0.15, -0.1) is 12.4 Å². The number of benzene rings is 2. The summed E-state index contributed by atoms with van der Waals surface area (Å²) in [4.78, 5) is 0. The number of ether oxygens (including phenoxy) is 1. The molecule has 2 aromatic rings. The third-order valence-electron chi connectivity index (χ3n) is 2.58. The van der Waals surface area contributed by atoms with Crippen LogP contribution in [0.5, 0.6) is 5.75 Å². The lowest BCUT2D eigenvalue weighted by Crippen LogP contribution is -2.11. The maximum atomic E-state index is 5.78. The molecule has 0 aliphatic rings. The molecule has 0 unspecified atom stereocenters. The fourth-order valence-corrected chi connectivity index (χ4v) is 1.75. The first kappa shape index (κ1) is 13.8. The summed E-state index contributed by atoms with van der Waals surface area (Å²) in [5.41, 5.74) is 0. The van der Waals surface area contributed by atoms with E-state index < -0.39 is 0 Å². The zero-order valence-corrected chi connectivity index (χ0v) is 10.8. The van der Waals surface area contributed by atoms with E-state index in [1.165, 1.54) is 10.8 Å². The minimum absolute atomic E-state index is 0. The lowest BCUT2D eigenvalue weighted by atomic mass is 10.1. The van der Waals surface area contributed by atoms with Gasteiger partial charge in [0, 0.05) is 5.39 Å². The van der Waals surface area contributed by atoms with E-state index in [2.05, 4.69) is 23.5 Å². The van der Waals surface area contributed by atoms with Gasteiger partial charge < -0.3 is 10.1 Å². The molecule has 3 heteroatoms. The minimum atomic E-state index is 0. The highest BCUT2D eigenvalue weighted by molar-refractivity contribution is 5.88. The molecule has 0 aliphatic heterocycles. The second kappa shape index (κ2) is 7.15. The highest BCUT2D eigenvalue weighted by Crippen LogP contribution is 2.24. The van der Waals surface area contributed by atoms with Gasteiger partial charge in [-0.3, -0.25) is 0 Å². The summed E-state index contributed by atoms with van der Waals surface area (Å²) in [7, 11) is 1.96. The maximum absolute atomic E-state index is 5.78. The molecular formula is C14H18ClNO. The molecule has 92 valence electrons. The van der Waals surface area contributed by atoms with Crippen LogP contribution in [0.15, 0.2) is 42.5 Å². The molecule has 0 heterocycles. The van der Waals surface area contributed by atoms with Crippen LogP contribution in [0, 0.1) is 0 Å². The second-order valence-corrected chi connectivity index (χ2v) is 3.78. The van der Waals surface area contributed by atoms with Gasteiger partial charge in [0.2, 0.25) is 0 Å². The van der Waals surface area contributed by atoms with E-state index in [0.29, 0.717) is 0 Å². The molecule has 0 spiro atoms. The third-order valence-corrected chi connectivity index (χ3v) is 2.58. The molecule has 2 nitrogen and oxygen atoms in total. The topological polar surface area (TPSA) is 21.3 Å². The van der Waals surface area contributed by atoms with E-state index in [9.17, 15) is 0 Å². The highest BCUT2D eigenvalue weighted by atomic mass is 35.5. The van der Waals surface area contributed by atoms with E-state index in [-0.39, 0.29) is 12.4 Å². The normalized spacial score (nSPS) is 9.94. The van der Waals surface area contributed by atoms with Gasteiger partial charge >= 0.3 is 0 Å².